The summed E-state index contributed by atoms with van der Waals surface area (Å²) in [5.74, 6) is -0.827. The molecule has 2 aromatic rings. The third-order valence-electron chi connectivity index (χ3n) is 2.39. The van der Waals surface area contributed by atoms with Crippen LogP contribution in [0.25, 0.3) is 0 Å². The number of benzene rings is 1. The number of amides is 1. The van der Waals surface area contributed by atoms with E-state index in [1.165, 1.54) is 18.3 Å². The van der Waals surface area contributed by atoms with Crippen molar-refractivity contribution in [1.29, 1.82) is 0 Å². The van der Waals surface area contributed by atoms with Crippen molar-refractivity contribution in [3.63, 3.8) is 0 Å². The maximum absolute atomic E-state index is 13.5. The van der Waals surface area contributed by atoms with Crippen molar-refractivity contribution in [2.75, 3.05) is 11.1 Å². The van der Waals surface area contributed by atoms with Gasteiger partial charge in [-0.25, -0.2) is 4.39 Å². The van der Waals surface area contributed by atoms with Gasteiger partial charge in [0.2, 0.25) is 5.91 Å². The van der Waals surface area contributed by atoms with E-state index in [4.69, 9.17) is 5.73 Å². The Bertz CT molecular complexity index is 601. The van der Waals surface area contributed by atoms with Gasteiger partial charge in [0.15, 0.2) is 0 Å². The van der Waals surface area contributed by atoms with Gasteiger partial charge in [-0.15, -0.1) is 0 Å². The normalized spacial score (nSPS) is 10.2. The molecule has 98 valence electrons. The fraction of sp³-hybridized carbons (Fsp3) is 0.0769. The van der Waals surface area contributed by atoms with E-state index in [1.807, 2.05) is 0 Å². The lowest BCUT2D eigenvalue weighted by atomic mass is 10.2. The number of nitrogens with one attached hydrogen (secondary N) is 1. The fourth-order valence-electron chi connectivity index (χ4n) is 1.49. The number of pyridine rings is 1. The fourth-order valence-corrected chi connectivity index (χ4v) is 1.82. The van der Waals surface area contributed by atoms with Crippen LogP contribution in [0.3, 0.4) is 0 Å². The molecular formula is C13H11BrFN3O. The number of carbonyl (C=O) groups is 1. The minimum absolute atomic E-state index is 0.0653. The predicted molar refractivity (Wildman–Crippen MR) is 75.1 cm³/mol. The molecule has 0 unspecified atom stereocenters. The van der Waals surface area contributed by atoms with Gasteiger partial charge in [-0.1, -0.05) is 15.9 Å². The average Bonchev–Trinajstić information content (AvgIpc) is 2.36. The first-order chi connectivity index (χ1) is 9.04. The molecule has 0 atom stereocenters. The van der Waals surface area contributed by atoms with E-state index >= 15 is 0 Å². The standard InChI is InChI=1S/C13H11BrFN3O/c14-8-1-4-12(11(15)5-8)18-13(19)6-10-3-2-9(16)7-17-10/h1-5,7H,6,16H2,(H,18,19). The van der Waals surface area contributed by atoms with Crippen LogP contribution in [0.4, 0.5) is 15.8 Å². The van der Waals surface area contributed by atoms with Crippen LogP contribution in [0.5, 0.6) is 0 Å². The zero-order valence-electron chi connectivity index (χ0n) is 9.86. The maximum atomic E-state index is 13.5. The van der Waals surface area contributed by atoms with Crippen LogP contribution >= 0.6 is 15.9 Å². The third kappa shape index (κ3) is 3.75. The van der Waals surface area contributed by atoms with E-state index in [-0.39, 0.29) is 18.0 Å². The molecule has 3 N–H and O–H groups in total. The van der Waals surface area contributed by atoms with Crippen LogP contribution in [-0.2, 0) is 11.2 Å². The number of carbonyl (C=O) groups excluding carboxylic acids is 1. The summed E-state index contributed by atoms with van der Waals surface area (Å²) >= 11 is 3.15. The molecule has 0 saturated heterocycles. The number of hydrogen-bond acceptors (Lipinski definition) is 3. The highest BCUT2D eigenvalue weighted by Gasteiger charge is 2.08. The van der Waals surface area contributed by atoms with Crippen molar-refractivity contribution in [1.82, 2.24) is 4.98 Å². The molecule has 1 aromatic carbocycles. The van der Waals surface area contributed by atoms with E-state index in [0.29, 0.717) is 15.9 Å². The molecule has 1 amide bonds. The summed E-state index contributed by atoms with van der Waals surface area (Å²) in [5.41, 5.74) is 6.74. The first kappa shape index (κ1) is 13.5. The zero-order valence-corrected chi connectivity index (χ0v) is 11.4. The van der Waals surface area contributed by atoms with Crippen molar-refractivity contribution in [3.8, 4) is 0 Å². The summed E-state index contributed by atoms with van der Waals surface area (Å²) in [6.07, 6.45) is 1.54. The van der Waals surface area contributed by atoms with Gasteiger partial charge in [0.1, 0.15) is 5.82 Å². The van der Waals surface area contributed by atoms with Gasteiger partial charge in [0, 0.05) is 10.2 Å². The smallest absolute Gasteiger partial charge is 0.230 e. The molecule has 0 radical (unpaired) electrons. The number of nitrogen functional groups attached to an aromatic ring is 1. The van der Waals surface area contributed by atoms with Crippen LogP contribution in [0, 0.1) is 5.82 Å². The second-order valence-corrected chi connectivity index (χ2v) is 4.85. The maximum Gasteiger partial charge on any atom is 0.230 e. The van der Waals surface area contributed by atoms with E-state index in [1.54, 1.807) is 18.2 Å². The van der Waals surface area contributed by atoms with Crippen molar-refractivity contribution in [2.24, 2.45) is 0 Å². The van der Waals surface area contributed by atoms with Crippen molar-refractivity contribution in [3.05, 3.63) is 52.5 Å². The highest BCUT2D eigenvalue weighted by Crippen LogP contribution is 2.19. The minimum atomic E-state index is -0.493. The molecule has 1 heterocycles. The largest absolute Gasteiger partial charge is 0.397 e. The van der Waals surface area contributed by atoms with Gasteiger partial charge in [-0.2, -0.15) is 0 Å². The first-order valence-electron chi connectivity index (χ1n) is 5.50. The molecule has 0 aliphatic carbocycles. The summed E-state index contributed by atoms with van der Waals surface area (Å²) in [7, 11) is 0. The van der Waals surface area contributed by atoms with Gasteiger partial charge in [-0.3, -0.25) is 9.78 Å². The average molecular weight is 324 g/mol. The van der Waals surface area contributed by atoms with Crippen LogP contribution in [0.15, 0.2) is 41.0 Å². The molecule has 0 saturated carbocycles. The molecule has 0 fully saturated rings. The molecule has 2 rings (SSSR count). The Morgan fingerprint density at radius 2 is 2.16 bits per heavy atom. The van der Waals surface area contributed by atoms with Crippen molar-refractivity contribution in [2.45, 2.75) is 6.42 Å². The summed E-state index contributed by atoms with van der Waals surface area (Å²) < 4.78 is 14.1. The lowest BCUT2D eigenvalue weighted by molar-refractivity contribution is -0.115. The highest BCUT2D eigenvalue weighted by molar-refractivity contribution is 9.10. The van der Waals surface area contributed by atoms with Crippen molar-refractivity contribution >= 4 is 33.2 Å². The SMILES string of the molecule is Nc1ccc(CC(=O)Nc2ccc(Br)cc2F)nc1. The Hall–Kier alpha value is -1.95. The number of rotatable bonds is 3. The second-order valence-electron chi connectivity index (χ2n) is 3.93. The molecule has 0 bridgehead atoms. The highest BCUT2D eigenvalue weighted by atomic mass is 79.9. The van der Waals surface area contributed by atoms with Gasteiger partial charge in [-0.05, 0) is 30.3 Å². The molecule has 19 heavy (non-hydrogen) atoms. The first-order valence-corrected chi connectivity index (χ1v) is 6.29. The van der Waals surface area contributed by atoms with Gasteiger partial charge < -0.3 is 11.1 Å². The van der Waals surface area contributed by atoms with E-state index < -0.39 is 5.82 Å². The summed E-state index contributed by atoms with van der Waals surface area (Å²) in [6.45, 7) is 0. The number of hydrogen-bond donors (Lipinski definition) is 2. The zero-order chi connectivity index (χ0) is 13.8. The topological polar surface area (TPSA) is 68.0 Å². The van der Waals surface area contributed by atoms with E-state index in [9.17, 15) is 9.18 Å². The molecule has 0 spiro atoms. The Labute approximate surface area is 118 Å². The van der Waals surface area contributed by atoms with E-state index in [2.05, 4.69) is 26.2 Å². The van der Waals surface area contributed by atoms with Crippen LogP contribution in [0.2, 0.25) is 0 Å². The van der Waals surface area contributed by atoms with Gasteiger partial charge >= 0.3 is 0 Å². The number of nitrogens with two attached hydrogens (primary N) is 1. The van der Waals surface area contributed by atoms with Gasteiger partial charge in [0.25, 0.3) is 0 Å². The molecule has 4 nitrogen and oxygen atoms in total. The van der Waals surface area contributed by atoms with Gasteiger partial charge in [0.05, 0.1) is 24.0 Å². The Morgan fingerprint density at radius 3 is 2.79 bits per heavy atom. The Kier molecular flexibility index (Phi) is 4.11. The Balaban J connectivity index is 2.03. The molecule has 6 heteroatoms. The van der Waals surface area contributed by atoms with Crippen molar-refractivity contribution < 1.29 is 9.18 Å². The number of halogens is 2. The Morgan fingerprint density at radius 1 is 1.37 bits per heavy atom. The van der Waals surface area contributed by atoms with E-state index in [0.717, 1.165) is 0 Å². The molecular weight excluding hydrogens is 313 g/mol. The quantitative estimate of drug-likeness (QED) is 0.912. The van der Waals surface area contributed by atoms with Crippen LogP contribution < -0.4 is 11.1 Å². The van der Waals surface area contributed by atoms with Crippen LogP contribution in [0.1, 0.15) is 5.69 Å². The number of nitrogens with zero attached hydrogens (tertiary/aromatic N) is 1. The minimum Gasteiger partial charge on any atom is -0.397 e. The molecule has 1 aromatic heterocycles. The summed E-state index contributed by atoms with van der Waals surface area (Å²) in [5, 5.41) is 2.49. The predicted octanol–water partition coefficient (Wildman–Crippen LogP) is 2.75. The van der Waals surface area contributed by atoms with Crippen LogP contribution in [-0.4, -0.2) is 10.9 Å². The lowest BCUT2D eigenvalue weighted by Gasteiger charge is -2.06. The number of anilines is 2. The summed E-state index contributed by atoms with van der Waals surface area (Å²) in [6, 6.07) is 7.76. The third-order valence-corrected chi connectivity index (χ3v) is 2.89. The molecule has 0 aliphatic rings. The number of aromatic nitrogens is 1. The summed E-state index contributed by atoms with van der Waals surface area (Å²) in [4.78, 5) is 15.8. The monoisotopic (exact) mass is 323 g/mol. The second kappa shape index (κ2) is 5.79. The lowest BCUT2D eigenvalue weighted by Crippen LogP contribution is -2.16. The molecule has 0 aliphatic heterocycles.